The summed E-state index contributed by atoms with van der Waals surface area (Å²) >= 11 is 0. The second-order valence-corrected chi connectivity index (χ2v) is 3.56. The highest BCUT2D eigenvalue weighted by Crippen LogP contribution is 2.21. The number of oxazole rings is 1. The van der Waals surface area contributed by atoms with Gasteiger partial charge in [-0.3, -0.25) is 0 Å². The average molecular weight is 204 g/mol. The SMILES string of the molecule is CN(C)c1nc2cc(CC=O)ccc2o1. The Kier molecular flexibility index (Phi) is 2.41. The van der Waals surface area contributed by atoms with Gasteiger partial charge >= 0.3 is 0 Å². The highest BCUT2D eigenvalue weighted by Gasteiger charge is 2.07. The molecule has 0 aliphatic carbocycles. The Balaban J connectivity index is 2.47. The molecule has 0 radical (unpaired) electrons. The van der Waals surface area contributed by atoms with Crippen LogP contribution in [0.5, 0.6) is 0 Å². The lowest BCUT2D eigenvalue weighted by Gasteiger charge is -2.03. The summed E-state index contributed by atoms with van der Waals surface area (Å²) in [6.07, 6.45) is 1.30. The Hall–Kier alpha value is -1.84. The van der Waals surface area contributed by atoms with E-state index in [0.717, 1.165) is 22.9 Å². The van der Waals surface area contributed by atoms with E-state index in [9.17, 15) is 4.79 Å². The largest absolute Gasteiger partial charge is 0.423 e. The number of anilines is 1. The molecule has 0 bridgehead atoms. The molecule has 0 aliphatic rings. The quantitative estimate of drug-likeness (QED) is 0.713. The smallest absolute Gasteiger partial charge is 0.297 e. The fourth-order valence-corrected chi connectivity index (χ4v) is 1.38. The second-order valence-electron chi connectivity index (χ2n) is 3.56. The van der Waals surface area contributed by atoms with Crippen LogP contribution >= 0.6 is 0 Å². The molecular formula is C11H12N2O2. The summed E-state index contributed by atoms with van der Waals surface area (Å²) in [4.78, 5) is 16.5. The van der Waals surface area contributed by atoms with Gasteiger partial charge in [0.05, 0.1) is 0 Å². The van der Waals surface area contributed by atoms with Gasteiger partial charge in [-0.15, -0.1) is 0 Å². The van der Waals surface area contributed by atoms with Gasteiger partial charge in [-0.25, -0.2) is 0 Å². The number of carbonyl (C=O) groups is 1. The first-order chi connectivity index (χ1) is 7.20. The Morgan fingerprint density at radius 1 is 1.47 bits per heavy atom. The molecule has 4 nitrogen and oxygen atoms in total. The monoisotopic (exact) mass is 204 g/mol. The van der Waals surface area contributed by atoms with E-state index in [4.69, 9.17) is 4.42 Å². The number of benzene rings is 1. The number of hydrogen-bond donors (Lipinski definition) is 0. The van der Waals surface area contributed by atoms with Crippen LogP contribution in [-0.2, 0) is 11.2 Å². The second kappa shape index (κ2) is 3.73. The summed E-state index contributed by atoms with van der Waals surface area (Å²) in [7, 11) is 3.74. The molecule has 2 aromatic rings. The summed E-state index contributed by atoms with van der Waals surface area (Å²) in [5, 5.41) is 0. The van der Waals surface area contributed by atoms with Crippen LogP contribution in [0, 0.1) is 0 Å². The molecule has 2 rings (SSSR count). The van der Waals surface area contributed by atoms with Crippen LogP contribution in [0.15, 0.2) is 22.6 Å². The number of nitrogens with zero attached hydrogens (tertiary/aromatic N) is 2. The minimum absolute atomic E-state index is 0.417. The number of carbonyl (C=O) groups excluding carboxylic acids is 1. The van der Waals surface area contributed by atoms with E-state index in [0.29, 0.717) is 12.4 Å². The molecule has 1 aromatic carbocycles. The number of aromatic nitrogens is 1. The van der Waals surface area contributed by atoms with Crippen LogP contribution in [0.3, 0.4) is 0 Å². The lowest BCUT2D eigenvalue weighted by Crippen LogP contribution is -2.08. The number of fused-ring (bicyclic) bond motifs is 1. The van der Waals surface area contributed by atoms with Crippen molar-refractivity contribution in [2.24, 2.45) is 0 Å². The van der Waals surface area contributed by atoms with Crippen LogP contribution in [0.1, 0.15) is 5.56 Å². The first kappa shape index (κ1) is 9.71. The summed E-state index contributed by atoms with van der Waals surface area (Å²) in [5.74, 6) is 0. The molecule has 0 fully saturated rings. The predicted molar refractivity (Wildman–Crippen MR) is 58.1 cm³/mol. The lowest BCUT2D eigenvalue weighted by molar-refractivity contribution is -0.107. The molecule has 0 saturated heterocycles. The van der Waals surface area contributed by atoms with Crippen molar-refractivity contribution >= 4 is 23.4 Å². The van der Waals surface area contributed by atoms with Crippen LogP contribution < -0.4 is 4.90 Å². The Labute approximate surface area is 87.5 Å². The molecule has 1 aromatic heterocycles. The van der Waals surface area contributed by atoms with E-state index < -0.39 is 0 Å². The third-order valence-corrected chi connectivity index (χ3v) is 2.14. The zero-order valence-corrected chi connectivity index (χ0v) is 8.73. The maximum atomic E-state index is 10.4. The van der Waals surface area contributed by atoms with Gasteiger partial charge in [-0.05, 0) is 17.7 Å². The lowest BCUT2D eigenvalue weighted by atomic mass is 10.1. The highest BCUT2D eigenvalue weighted by molar-refractivity contribution is 5.76. The normalized spacial score (nSPS) is 10.5. The van der Waals surface area contributed by atoms with Crippen molar-refractivity contribution in [2.45, 2.75) is 6.42 Å². The third-order valence-electron chi connectivity index (χ3n) is 2.14. The van der Waals surface area contributed by atoms with Crippen LogP contribution in [0.25, 0.3) is 11.1 Å². The summed E-state index contributed by atoms with van der Waals surface area (Å²) < 4.78 is 5.49. The first-order valence-corrected chi connectivity index (χ1v) is 4.71. The van der Waals surface area contributed by atoms with Gasteiger partial charge in [0.1, 0.15) is 11.8 Å². The number of aldehydes is 1. The molecule has 0 aliphatic heterocycles. The molecule has 0 spiro atoms. The molecule has 0 N–H and O–H groups in total. The topological polar surface area (TPSA) is 46.3 Å². The Morgan fingerprint density at radius 3 is 2.93 bits per heavy atom. The molecule has 15 heavy (non-hydrogen) atoms. The van der Waals surface area contributed by atoms with Gasteiger partial charge in [0.15, 0.2) is 5.58 Å². The van der Waals surface area contributed by atoms with Crippen molar-refractivity contribution in [1.82, 2.24) is 4.98 Å². The van der Waals surface area contributed by atoms with E-state index >= 15 is 0 Å². The van der Waals surface area contributed by atoms with Crippen molar-refractivity contribution in [1.29, 1.82) is 0 Å². The van der Waals surface area contributed by atoms with E-state index in [2.05, 4.69) is 4.98 Å². The van der Waals surface area contributed by atoms with Crippen LogP contribution in [0.4, 0.5) is 6.01 Å². The minimum atomic E-state index is 0.417. The van der Waals surface area contributed by atoms with E-state index in [1.54, 1.807) is 4.90 Å². The molecule has 0 amide bonds. The zero-order valence-electron chi connectivity index (χ0n) is 8.73. The number of hydrogen-bond acceptors (Lipinski definition) is 4. The molecule has 1 heterocycles. The van der Waals surface area contributed by atoms with Crippen molar-refractivity contribution in [3.63, 3.8) is 0 Å². The van der Waals surface area contributed by atoms with Crippen molar-refractivity contribution in [3.8, 4) is 0 Å². The van der Waals surface area contributed by atoms with Crippen LogP contribution in [-0.4, -0.2) is 25.4 Å². The summed E-state index contributed by atoms with van der Waals surface area (Å²) in [6, 6.07) is 6.17. The third kappa shape index (κ3) is 1.83. The van der Waals surface area contributed by atoms with Crippen molar-refractivity contribution in [2.75, 3.05) is 19.0 Å². The first-order valence-electron chi connectivity index (χ1n) is 4.71. The Morgan fingerprint density at radius 2 is 2.27 bits per heavy atom. The Bertz CT molecular complexity index is 488. The molecule has 0 saturated carbocycles. The molecule has 78 valence electrons. The van der Waals surface area contributed by atoms with Gasteiger partial charge in [0, 0.05) is 20.5 Å². The summed E-state index contributed by atoms with van der Waals surface area (Å²) in [5.41, 5.74) is 2.49. The van der Waals surface area contributed by atoms with Crippen molar-refractivity contribution in [3.05, 3.63) is 23.8 Å². The summed E-state index contributed by atoms with van der Waals surface area (Å²) in [6.45, 7) is 0. The average Bonchev–Trinajstić information content (AvgIpc) is 2.61. The minimum Gasteiger partial charge on any atom is -0.423 e. The van der Waals surface area contributed by atoms with Crippen LogP contribution in [0.2, 0.25) is 0 Å². The van der Waals surface area contributed by atoms with Gasteiger partial charge in [0.2, 0.25) is 0 Å². The maximum Gasteiger partial charge on any atom is 0.297 e. The number of rotatable bonds is 3. The zero-order chi connectivity index (χ0) is 10.8. The van der Waals surface area contributed by atoms with E-state index in [-0.39, 0.29) is 0 Å². The predicted octanol–water partition coefficient (Wildman–Crippen LogP) is 1.64. The van der Waals surface area contributed by atoms with Gasteiger partial charge in [-0.1, -0.05) is 6.07 Å². The van der Waals surface area contributed by atoms with Crippen molar-refractivity contribution < 1.29 is 9.21 Å². The van der Waals surface area contributed by atoms with Gasteiger partial charge in [-0.2, -0.15) is 4.98 Å². The molecule has 0 atom stereocenters. The fraction of sp³-hybridized carbons (Fsp3) is 0.273. The van der Waals surface area contributed by atoms with E-state index in [1.165, 1.54) is 0 Å². The van der Waals surface area contributed by atoms with Gasteiger partial charge < -0.3 is 14.1 Å². The standard InChI is InChI=1S/C11H12N2O2/c1-13(2)11-12-9-7-8(5-6-14)3-4-10(9)15-11/h3-4,6-7H,5H2,1-2H3. The molecular weight excluding hydrogens is 192 g/mol. The highest BCUT2D eigenvalue weighted by atomic mass is 16.4. The fourth-order valence-electron chi connectivity index (χ4n) is 1.38. The van der Waals surface area contributed by atoms with E-state index in [1.807, 2.05) is 32.3 Å². The molecule has 4 heteroatoms. The van der Waals surface area contributed by atoms with Gasteiger partial charge in [0.25, 0.3) is 6.01 Å². The maximum absolute atomic E-state index is 10.4. The molecule has 0 unspecified atom stereocenters.